The minimum atomic E-state index is -0.438. The van der Waals surface area contributed by atoms with Gasteiger partial charge >= 0.3 is 5.69 Å². The largest absolute Gasteiger partial charge is 0.490 e. The van der Waals surface area contributed by atoms with E-state index in [1.165, 1.54) is 13.2 Å². The summed E-state index contributed by atoms with van der Waals surface area (Å²) in [6.45, 7) is 1.60. The molecule has 2 aromatic rings. The van der Waals surface area contributed by atoms with Crippen LogP contribution < -0.4 is 14.4 Å². The lowest BCUT2D eigenvalue weighted by Crippen LogP contribution is -2.38. The zero-order valence-corrected chi connectivity index (χ0v) is 14.6. The van der Waals surface area contributed by atoms with Crippen LogP contribution in [0, 0.1) is 10.1 Å². The molecule has 132 valence electrons. The fraction of sp³-hybridized carbons (Fsp3) is 0.333. The molecule has 3 rings (SSSR count). The van der Waals surface area contributed by atoms with E-state index in [-0.39, 0.29) is 17.5 Å². The minimum absolute atomic E-state index is 0.0248. The zero-order valence-electron chi connectivity index (χ0n) is 13.9. The highest BCUT2D eigenvalue weighted by Crippen LogP contribution is 2.33. The highest BCUT2D eigenvalue weighted by molar-refractivity contribution is 6.32. The molecule has 2 aromatic carbocycles. The standard InChI is InChI=1S/C18H19ClN2O4/c1-24-18-12-13(6-7-16(18)21(22)23)20-10-8-14(9-11-20)25-17-5-3-2-4-15(17)19/h2-7,12,14H,8-11H2,1H3. The van der Waals surface area contributed by atoms with Gasteiger partial charge in [0.05, 0.1) is 17.1 Å². The summed E-state index contributed by atoms with van der Waals surface area (Å²) in [7, 11) is 1.44. The fourth-order valence-electron chi connectivity index (χ4n) is 2.97. The molecule has 0 saturated carbocycles. The number of benzene rings is 2. The summed E-state index contributed by atoms with van der Waals surface area (Å²) in [4.78, 5) is 12.7. The average Bonchev–Trinajstić information content (AvgIpc) is 2.63. The first-order valence-electron chi connectivity index (χ1n) is 8.07. The minimum Gasteiger partial charge on any atom is -0.490 e. The molecule has 1 heterocycles. The number of rotatable bonds is 5. The summed E-state index contributed by atoms with van der Waals surface area (Å²) in [5.41, 5.74) is 0.891. The van der Waals surface area contributed by atoms with Crippen molar-refractivity contribution in [1.82, 2.24) is 0 Å². The van der Waals surface area contributed by atoms with Gasteiger partial charge < -0.3 is 14.4 Å². The predicted octanol–water partition coefficient (Wildman–Crippen LogP) is 4.30. The van der Waals surface area contributed by atoms with Gasteiger partial charge in [-0.05, 0) is 18.2 Å². The van der Waals surface area contributed by atoms with Gasteiger partial charge in [0.25, 0.3) is 0 Å². The Balaban J connectivity index is 1.64. The number of hydrogen-bond acceptors (Lipinski definition) is 5. The van der Waals surface area contributed by atoms with Crippen molar-refractivity contribution in [3.8, 4) is 11.5 Å². The monoisotopic (exact) mass is 362 g/mol. The number of methoxy groups -OCH3 is 1. The van der Waals surface area contributed by atoms with Gasteiger partial charge in [0, 0.05) is 43.8 Å². The second-order valence-electron chi connectivity index (χ2n) is 5.85. The maximum atomic E-state index is 11.0. The van der Waals surface area contributed by atoms with Gasteiger partial charge in [0.15, 0.2) is 5.75 Å². The number of ether oxygens (including phenoxy) is 2. The molecule has 6 nitrogen and oxygen atoms in total. The summed E-state index contributed by atoms with van der Waals surface area (Å²) in [5.74, 6) is 0.983. The van der Waals surface area contributed by atoms with Gasteiger partial charge in [-0.3, -0.25) is 10.1 Å². The van der Waals surface area contributed by atoms with E-state index in [1.807, 2.05) is 24.3 Å². The van der Waals surface area contributed by atoms with Crippen molar-refractivity contribution in [2.75, 3.05) is 25.1 Å². The maximum absolute atomic E-state index is 11.0. The second-order valence-corrected chi connectivity index (χ2v) is 6.26. The smallest absolute Gasteiger partial charge is 0.311 e. The van der Waals surface area contributed by atoms with E-state index in [4.69, 9.17) is 21.1 Å². The summed E-state index contributed by atoms with van der Waals surface area (Å²) in [5, 5.41) is 11.6. The van der Waals surface area contributed by atoms with Crippen molar-refractivity contribution in [2.45, 2.75) is 18.9 Å². The van der Waals surface area contributed by atoms with Crippen LogP contribution in [-0.4, -0.2) is 31.2 Å². The molecule has 25 heavy (non-hydrogen) atoms. The normalized spacial score (nSPS) is 15.0. The quantitative estimate of drug-likeness (QED) is 0.586. The molecule has 0 atom stereocenters. The molecular weight excluding hydrogens is 344 g/mol. The van der Waals surface area contributed by atoms with Gasteiger partial charge in [0.2, 0.25) is 0 Å². The Labute approximate surface area is 151 Å². The molecule has 0 radical (unpaired) electrons. The topological polar surface area (TPSA) is 64.8 Å². The van der Waals surface area contributed by atoms with Crippen LogP contribution in [0.15, 0.2) is 42.5 Å². The van der Waals surface area contributed by atoms with Gasteiger partial charge in [-0.25, -0.2) is 0 Å². The van der Waals surface area contributed by atoms with Crippen molar-refractivity contribution < 1.29 is 14.4 Å². The third-order valence-corrected chi connectivity index (χ3v) is 4.61. The number of hydrogen-bond donors (Lipinski definition) is 0. The van der Waals surface area contributed by atoms with Gasteiger partial charge in [-0.1, -0.05) is 23.7 Å². The molecule has 1 fully saturated rings. The lowest BCUT2D eigenvalue weighted by molar-refractivity contribution is -0.385. The third kappa shape index (κ3) is 3.96. The number of halogens is 1. The van der Waals surface area contributed by atoms with Crippen LogP contribution in [0.25, 0.3) is 0 Å². The number of nitrogens with zero attached hydrogens (tertiary/aromatic N) is 2. The maximum Gasteiger partial charge on any atom is 0.311 e. The molecule has 0 aliphatic carbocycles. The summed E-state index contributed by atoms with van der Waals surface area (Å²) in [6.07, 6.45) is 1.81. The van der Waals surface area contributed by atoms with E-state index < -0.39 is 4.92 Å². The lowest BCUT2D eigenvalue weighted by Gasteiger charge is -2.34. The Bertz CT molecular complexity index is 760. The molecule has 0 bridgehead atoms. The summed E-state index contributed by atoms with van der Waals surface area (Å²) in [6, 6.07) is 12.4. The van der Waals surface area contributed by atoms with Crippen LogP contribution >= 0.6 is 11.6 Å². The van der Waals surface area contributed by atoms with Crippen molar-refractivity contribution in [2.24, 2.45) is 0 Å². The van der Waals surface area contributed by atoms with E-state index in [2.05, 4.69) is 4.90 Å². The van der Waals surface area contributed by atoms with Gasteiger partial charge in [-0.2, -0.15) is 0 Å². The van der Waals surface area contributed by atoms with Crippen molar-refractivity contribution >= 4 is 23.0 Å². The number of para-hydroxylation sites is 1. The third-order valence-electron chi connectivity index (χ3n) is 4.30. The van der Waals surface area contributed by atoms with E-state index >= 15 is 0 Å². The Morgan fingerprint density at radius 1 is 1.16 bits per heavy atom. The van der Waals surface area contributed by atoms with E-state index in [1.54, 1.807) is 12.1 Å². The van der Waals surface area contributed by atoms with Crippen LogP contribution in [-0.2, 0) is 0 Å². The highest BCUT2D eigenvalue weighted by atomic mass is 35.5. The molecule has 0 aromatic heterocycles. The Morgan fingerprint density at radius 2 is 1.88 bits per heavy atom. The second kappa shape index (κ2) is 7.61. The predicted molar refractivity (Wildman–Crippen MR) is 97.0 cm³/mol. The molecule has 7 heteroatoms. The van der Waals surface area contributed by atoms with Crippen molar-refractivity contribution in [1.29, 1.82) is 0 Å². The number of piperidine rings is 1. The van der Waals surface area contributed by atoms with E-state index in [0.717, 1.165) is 31.6 Å². The van der Waals surface area contributed by atoms with Crippen LogP contribution in [0.1, 0.15) is 12.8 Å². The first kappa shape index (κ1) is 17.4. The van der Waals surface area contributed by atoms with E-state index in [9.17, 15) is 10.1 Å². The SMILES string of the molecule is COc1cc(N2CCC(Oc3ccccc3Cl)CC2)ccc1[N+](=O)[O-]. The van der Waals surface area contributed by atoms with Crippen LogP contribution in [0.5, 0.6) is 11.5 Å². The zero-order chi connectivity index (χ0) is 17.8. The Kier molecular flexibility index (Phi) is 5.28. The Morgan fingerprint density at radius 3 is 2.52 bits per heavy atom. The first-order chi connectivity index (χ1) is 12.1. The van der Waals surface area contributed by atoms with Crippen LogP contribution in [0.3, 0.4) is 0 Å². The van der Waals surface area contributed by atoms with E-state index in [0.29, 0.717) is 10.8 Å². The lowest BCUT2D eigenvalue weighted by atomic mass is 10.1. The number of nitro benzene ring substituents is 1. The summed E-state index contributed by atoms with van der Waals surface area (Å²) < 4.78 is 11.1. The Hall–Kier alpha value is -2.47. The van der Waals surface area contributed by atoms with Crippen molar-refractivity contribution in [3.05, 3.63) is 57.6 Å². The fourth-order valence-corrected chi connectivity index (χ4v) is 3.15. The molecule has 0 N–H and O–H groups in total. The van der Waals surface area contributed by atoms with Gasteiger partial charge in [0.1, 0.15) is 11.9 Å². The van der Waals surface area contributed by atoms with Gasteiger partial charge in [-0.15, -0.1) is 0 Å². The molecule has 0 amide bonds. The molecule has 0 spiro atoms. The highest BCUT2D eigenvalue weighted by Gasteiger charge is 2.23. The molecule has 0 unspecified atom stereocenters. The molecular formula is C18H19ClN2O4. The molecule has 1 aliphatic heterocycles. The van der Waals surface area contributed by atoms with Crippen molar-refractivity contribution in [3.63, 3.8) is 0 Å². The molecule has 1 aliphatic rings. The number of anilines is 1. The first-order valence-corrected chi connectivity index (χ1v) is 8.45. The van der Waals surface area contributed by atoms with Crippen LogP contribution in [0.4, 0.5) is 11.4 Å². The summed E-state index contributed by atoms with van der Waals surface area (Å²) >= 11 is 6.14. The van der Waals surface area contributed by atoms with Crippen LogP contribution in [0.2, 0.25) is 5.02 Å². The molecule has 1 saturated heterocycles. The number of nitro groups is 1. The average molecular weight is 363 g/mol.